The van der Waals surface area contributed by atoms with Crippen molar-refractivity contribution in [3.63, 3.8) is 0 Å². The van der Waals surface area contributed by atoms with Crippen LogP contribution in [-0.2, 0) is 14.1 Å². The number of pyridine rings is 2. The number of aryl methyl sites for hydroxylation is 2. The van der Waals surface area contributed by atoms with Crippen LogP contribution in [0, 0.1) is 0 Å². The molecule has 20 aromatic heterocycles. The van der Waals surface area contributed by atoms with E-state index in [0.717, 1.165) is 168 Å². The minimum Gasteiger partial charge on any atom is -0.351 e. The molecule has 140 heavy (non-hydrogen) atoms. The third-order valence-corrected chi connectivity index (χ3v) is 25.2. The molecular formula is C103H99N35S2. The number of thiazole rings is 2. The molecule has 7 atom stereocenters. The Kier molecular flexibility index (Phi) is 26.6. The molecule has 0 radical (unpaired) electrons. The van der Waals surface area contributed by atoms with Crippen molar-refractivity contribution in [2.24, 2.45) is 54.2 Å². The molecule has 0 spiro atoms. The van der Waals surface area contributed by atoms with Crippen LogP contribution in [0.4, 0.5) is 0 Å². The normalized spacial score (nSPS) is 12.9. The van der Waals surface area contributed by atoms with Crippen LogP contribution in [0.3, 0.4) is 0 Å². The molecule has 0 saturated carbocycles. The highest BCUT2D eigenvalue weighted by Crippen LogP contribution is 2.37. The second-order valence-corrected chi connectivity index (χ2v) is 35.8. The van der Waals surface area contributed by atoms with Gasteiger partial charge in [-0.05, 0) is 174 Å². The molecule has 25 rings (SSSR count). The maximum Gasteiger partial charge on any atom is 0.153 e. The van der Waals surface area contributed by atoms with Gasteiger partial charge in [-0.1, -0.05) is 60.7 Å². The number of fused-ring (bicyclic) bond motifs is 11. The third-order valence-electron chi connectivity index (χ3n) is 23.6. The van der Waals surface area contributed by atoms with Crippen molar-refractivity contribution < 1.29 is 0 Å². The van der Waals surface area contributed by atoms with Crippen molar-refractivity contribution in [3.8, 4) is 78.8 Å². The highest BCUT2D eigenvalue weighted by Gasteiger charge is 2.23. The Labute approximate surface area is 809 Å². The molecule has 14 N–H and O–H groups in total. The molecule has 0 bridgehead atoms. The van der Waals surface area contributed by atoms with E-state index in [2.05, 4.69) is 187 Å². The summed E-state index contributed by atoms with van der Waals surface area (Å²) in [5, 5.41) is 40.3. The average Bonchev–Trinajstić information content (AvgIpc) is 1.49. The lowest BCUT2D eigenvalue weighted by molar-refractivity contribution is 0.767. The standard InChI is InChI=1S/C18H16N4.C17H17N5.2C15H13N5S.2C13H13N5.C12H14N6/c1-12(19)16-11-17-20-8-9-22(17)21-18(16)15-7-6-13-4-2-3-5-14(13)10-15;1-11(18)14-10-16-19-6-8-22(16)20-17(14)13-4-3-12-5-7-21(2)15(12)9-13;2*1-9(16)11-7-14-17-4-5-20(14)19-15(11)10-2-3-13-12(6-10)18-8-21-13;1-9(14)11-8-12-16-6-7-18(12)17-13(11)10-2-4-15-5-3-10;1-9(14)11-7-12-16-5-6-18(12)17-13(11)10-3-2-4-15-8-10;1-8(13)10-5-11-14-3-4-18(11)16-12(10)9-6-15-17(2)7-9/h2-12H,19H2,1H3;3-11H,18H2,1-2H3;2*2-9H,16H2,1H3;2*2-9H,14H2,1H3;3-8H,13H2,1-2H3/t12-;11-;4*9-;8-/m0010000/s1. The number of nitrogens with two attached hydrogens (primary N) is 7. The van der Waals surface area contributed by atoms with E-state index in [0.29, 0.717) is 0 Å². The SMILES string of the molecule is C[C@@H](N)c1cc2nccn2nc1-c1ccc2scnc2c1.C[C@H](N)c1cc2nccn2nc1-c1ccc2ccccc2c1.C[C@H](N)c1cc2nccn2nc1-c1ccc2ccn(C)c2c1.C[C@H](N)c1cc2nccn2nc1-c1ccc2scnc2c1.C[C@H](N)c1cc2nccn2nc1-c1cccnc1.C[C@H](N)c1cc2nccn2nc1-c1ccncc1.C[C@H](N)c1cc2nccn2nc1-c1cnn(C)c1. The molecule has 20 heterocycles. The van der Waals surface area contributed by atoms with Gasteiger partial charge in [0.1, 0.15) is 0 Å². The second-order valence-electron chi connectivity index (χ2n) is 34.0. The summed E-state index contributed by atoms with van der Waals surface area (Å²) in [4.78, 5) is 46.7. The van der Waals surface area contributed by atoms with Crippen molar-refractivity contribution in [1.29, 1.82) is 0 Å². The van der Waals surface area contributed by atoms with Crippen LogP contribution >= 0.6 is 22.7 Å². The molecule has 0 amide bonds. The van der Waals surface area contributed by atoms with Gasteiger partial charge in [0.25, 0.3) is 0 Å². The van der Waals surface area contributed by atoms with Crippen molar-refractivity contribution in [1.82, 2.24) is 136 Å². The minimum atomic E-state index is -0.111. The summed E-state index contributed by atoms with van der Waals surface area (Å²) in [6.45, 7) is 13.7. The Morgan fingerprint density at radius 3 is 0.936 bits per heavy atom. The summed E-state index contributed by atoms with van der Waals surface area (Å²) in [5.74, 6) is 0. The van der Waals surface area contributed by atoms with Gasteiger partial charge < -0.3 is 44.7 Å². The zero-order chi connectivity index (χ0) is 96.9. The molecule has 0 fully saturated rings. The fourth-order valence-electron chi connectivity index (χ4n) is 16.4. The molecule has 37 heteroatoms. The second kappa shape index (κ2) is 40.3. The highest BCUT2D eigenvalue weighted by atomic mass is 32.1. The lowest BCUT2D eigenvalue weighted by Gasteiger charge is -2.13. The monoisotopic (exact) mass is 1890 g/mol. The minimum absolute atomic E-state index is 0.0950. The maximum absolute atomic E-state index is 6.15. The first-order valence-corrected chi connectivity index (χ1v) is 46.9. The fraction of sp³-hybridized carbons (Fsp3) is 0.155. The van der Waals surface area contributed by atoms with Crippen LogP contribution in [0.15, 0.2) is 311 Å². The largest absolute Gasteiger partial charge is 0.351 e. The average molecular weight is 1890 g/mol. The van der Waals surface area contributed by atoms with E-state index < -0.39 is 0 Å². The van der Waals surface area contributed by atoms with E-state index in [1.165, 1.54) is 31.1 Å². The molecule has 0 aliphatic heterocycles. The van der Waals surface area contributed by atoms with Crippen LogP contribution in [0.25, 0.3) is 160 Å². The van der Waals surface area contributed by atoms with Crippen LogP contribution in [0.2, 0.25) is 0 Å². The van der Waals surface area contributed by atoms with Gasteiger partial charge in [-0.25, -0.2) is 76.5 Å². The number of nitrogens with zero attached hydrogens (tertiary/aromatic N) is 28. The maximum atomic E-state index is 6.15. The molecule has 0 unspecified atom stereocenters. The summed E-state index contributed by atoms with van der Waals surface area (Å²) in [5.41, 5.74) is 75.3. The first kappa shape index (κ1) is 92.3. The molecule has 0 aliphatic carbocycles. The fourth-order valence-corrected chi connectivity index (χ4v) is 17.7. The molecular weight excluding hydrogens is 1790 g/mol. The van der Waals surface area contributed by atoms with Crippen LogP contribution in [0.1, 0.15) is 130 Å². The molecule has 35 nitrogen and oxygen atoms in total. The zero-order valence-electron chi connectivity index (χ0n) is 77.9. The molecule has 0 saturated heterocycles. The Morgan fingerprint density at radius 1 is 0.257 bits per heavy atom. The summed E-state index contributed by atoms with van der Waals surface area (Å²) in [7, 11) is 3.93. The van der Waals surface area contributed by atoms with Gasteiger partial charge >= 0.3 is 0 Å². The van der Waals surface area contributed by atoms with E-state index in [4.69, 9.17) is 50.3 Å². The number of hydrogen-bond donors (Lipinski definition) is 7. The number of benzene rings is 5. The lowest BCUT2D eigenvalue weighted by atomic mass is 9.99. The first-order chi connectivity index (χ1) is 67.9. The Morgan fingerprint density at radius 2 is 0.586 bits per heavy atom. The topological polar surface area (TPSA) is 468 Å². The van der Waals surface area contributed by atoms with E-state index in [1.807, 2.05) is 202 Å². The number of rotatable bonds is 14. The van der Waals surface area contributed by atoms with Crippen LogP contribution < -0.4 is 40.1 Å². The van der Waals surface area contributed by atoms with E-state index in [9.17, 15) is 0 Å². The summed E-state index contributed by atoms with van der Waals surface area (Å²) >= 11 is 3.27. The number of imidazole rings is 7. The van der Waals surface area contributed by atoms with Gasteiger partial charge in [-0.2, -0.15) is 40.8 Å². The third kappa shape index (κ3) is 19.7. The summed E-state index contributed by atoms with van der Waals surface area (Å²) in [6, 6.07) is 56.5. The predicted octanol–water partition coefficient (Wildman–Crippen LogP) is 17.3. The van der Waals surface area contributed by atoms with Crippen molar-refractivity contribution in [3.05, 3.63) is 350 Å². The summed E-state index contributed by atoms with van der Waals surface area (Å²) < 4.78 is 18.6. The predicted molar refractivity (Wildman–Crippen MR) is 550 cm³/mol. The van der Waals surface area contributed by atoms with Gasteiger partial charge in [-0.15, -0.1) is 22.7 Å². The van der Waals surface area contributed by atoms with E-state index in [-0.39, 0.29) is 42.3 Å². The highest BCUT2D eigenvalue weighted by molar-refractivity contribution is 7.17. The summed E-state index contributed by atoms with van der Waals surface area (Å²) in [6.07, 6.45) is 37.8. The van der Waals surface area contributed by atoms with Crippen molar-refractivity contribution >= 4 is 104 Å². The number of hydrogen-bond acceptors (Lipinski definition) is 28. The van der Waals surface area contributed by atoms with Gasteiger partial charge in [0.2, 0.25) is 0 Å². The molecule has 0 aliphatic rings. The molecule has 25 aromatic rings. The van der Waals surface area contributed by atoms with Gasteiger partial charge in [0.15, 0.2) is 39.5 Å². The van der Waals surface area contributed by atoms with E-state index >= 15 is 0 Å². The number of aromatic nitrogens is 28. The first-order valence-electron chi connectivity index (χ1n) is 45.2. The van der Waals surface area contributed by atoms with Crippen molar-refractivity contribution in [2.45, 2.75) is 90.8 Å². The lowest BCUT2D eigenvalue weighted by Crippen LogP contribution is -2.10. The Bertz CT molecular complexity index is 8380. The van der Waals surface area contributed by atoms with Crippen LogP contribution in [0.5, 0.6) is 0 Å². The molecule has 5 aromatic carbocycles. The zero-order valence-corrected chi connectivity index (χ0v) is 79.5. The van der Waals surface area contributed by atoms with Gasteiger partial charge in [-0.3, -0.25) is 14.6 Å². The van der Waals surface area contributed by atoms with Gasteiger partial charge in [0, 0.05) is 264 Å². The van der Waals surface area contributed by atoms with E-state index in [1.54, 1.807) is 133 Å². The van der Waals surface area contributed by atoms with Crippen molar-refractivity contribution in [2.75, 3.05) is 0 Å². The Balaban J connectivity index is 0.000000104. The van der Waals surface area contributed by atoms with Crippen LogP contribution in [-0.4, -0.2) is 136 Å². The smallest absolute Gasteiger partial charge is 0.153 e. The Hall–Kier alpha value is -16.8. The molecule has 698 valence electrons. The quantitative estimate of drug-likeness (QED) is 0.0531. The van der Waals surface area contributed by atoms with Gasteiger partial charge in [0.05, 0.1) is 77.5 Å².